The Morgan fingerprint density at radius 3 is 2.84 bits per heavy atom. The number of hydrogen-bond acceptors (Lipinski definition) is 4. The normalized spacial score (nSPS) is 16.0. The van der Waals surface area contributed by atoms with Crippen molar-refractivity contribution in [2.75, 3.05) is 5.32 Å². The van der Waals surface area contributed by atoms with Gasteiger partial charge in [-0.1, -0.05) is 19.4 Å². The lowest BCUT2D eigenvalue weighted by Gasteiger charge is -2.18. The standard InChI is InChI=1S/C18H22N2O3S2/c1-2-5-16(17-7-4-11-24-17)20-25(22,23)14-9-10-15-13(12-14)6-3-8-18(21)19-15/h4,7,9-12,16,20H,2-3,5-6,8H2,1H3,(H,19,21). The number of thiophene rings is 1. The minimum Gasteiger partial charge on any atom is -0.326 e. The number of carbonyl (C=O) groups is 1. The smallest absolute Gasteiger partial charge is 0.241 e. The summed E-state index contributed by atoms with van der Waals surface area (Å²) in [6.07, 6.45) is 3.53. The second-order valence-electron chi connectivity index (χ2n) is 6.20. The molecule has 1 aliphatic heterocycles. The van der Waals surface area contributed by atoms with Crippen LogP contribution >= 0.6 is 11.3 Å². The molecule has 5 nitrogen and oxygen atoms in total. The van der Waals surface area contributed by atoms with Gasteiger partial charge in [-0.3, -0.25) is 4.79 Å². The van der Waals surface area contributed by atoms with Crippen molar-refractivity contribution in [3.8, 4) is 0 Å². The topological polar surface area (TPSA) is 75.3 Å². The van der Waals surface area contributed by atoms with E-state index in [1.165, 1.54) is 0 Å². The minimum atomic E-state index is -3.62. The Hall–Kier alpha value is -1.70. The largest absolute Gasteiger partial charge is 0.326 e. The van der Waals surface area contributed by atoms with Crippen LogP contribution in [0.1, 0.15) is 49.1 Å². The summed E-state index contributed by atoms with van der Waals surface area (Å²) in [6.45, 7) is 2.04. The zero-order valence-corrected chi connectivity index (χ0v) is 15.8. The van der Waals surface area contributed by atoms with Crippen molar-refractivity contribution < 1.29 is 13.2 Å². The Kier molecular flexibility index (Phi) is 5.56. The zero-order valence-electron chi connectivity index (χ0n) is 14.1. The number of fused-ring (bicyclic) bond motifs is 1. The Balaban J connectivity index is 1.87. The van der Waals surface area contributed by atoms with E-state index < -0.39 is 10.0 Å². The van der Waals surface area contributed by atoms with Crippen LogP contribution in [0.2, 0.25) is 0 Å². The van der Waals surface area contributed by atoms with Gasteiger partial charge in [0.2, 0.25) is 15.9 Å². The van der Waals surface area contributed by atoms with Gasteiger partial charge in [-0.05, 0) is 54.5 Å². The second-order valence-corrected chi connectivity index (χ2v) is 8.89. The molecule has 2 aromatic rings. The lowest BCUT2D eigenvalue weighted by Crippen LogP contribution is -2.28. The van der Waals surface area contributed by atoms with E-state index >= 15 is 0 Å². The molecule has 134 valence electrons. The van der Waals surface area contributed by atoms with Crippen LogP contribution in [0.4, 0.5) is 5.69 Å². The number of nitrogens with one attached hydrogen (secondary N) is 2. The lowest BCUT2D eigenvalue weighted by molar-refractivity contribution is -0.116. The molecule has 1 aromatic carbocycles. The summed E-state index contributed by atoms with van der Waals surface area (Å²) in [5, 5.41) is 4.79. The van der Waals surface area contributed by atoms with Gasteiger partial charge in [0.05, 0.1) is 10.9 Å². The van der Waals surface area contributed by atoms with Crippen LogP contribution in [0, 0.1) is 0 Å². The quantitative estimate of drug-likeness (QED) is 0.802. The highest BCUT2D eigenvalue weighted by atomic mass is 32.2. The van der Waals surface area contributed by atoms with E-state index in [0.29, 0.717) is 18.5 Å². The third kappa shape index (κ3) is 4.29. The summed E-state index contributed by atoms with van der Waals surface area (Å²) in [6, 6.07) is 8.61. The summed E-state index contributed by atoms with van der Waals surface area (Å²) in [4.78, 5) is 12.9. The van der Waals surface area contributed by atoms with Crippen LogP contribution in [0.25, 0.3) is 0 Å². The highest BCUT2D eigenvalue weighted by molar-refractivity contribution is 7.89. The first-order valence-electron chi connectivity index (χ1n) is 8.48. The molecule has 1 unspecified atom stereocenters. The van der Waals surface area contributed by atoms with Gasteiger partial charge < -0.3 is 5.32 Å². The summed E-state index contributed by atoms with van der Waals surface area (Å²) >= 11 is 1.56. The highest BCUT2D eigenvalue weighted by Gasteiger charge is 2.23. The Bertz CT molecular complexity index is 845. The molecule has 1 atom stereocenters. The molecule has 0 bridgehead atoms. The van der Waals surface area contributed by atoms with Crippen LogP contribution in [0.15, 0.2) is 40.6 Å². The summed E-state index contributed by atoms with van der Waals surface area (Å²) in [7, 11) is -3.62. The average Bonchev–Trinajstić information content (AvgIpc) is 3.03. The molecule has 1 aromatic heterocycles. The first-order valence-corrected chi connectivity index (χ1v) is 10.8. The van der Waals surface area contributed by atoms with E-state index in [9.17, 15) is 13.2 Å². The van der Waals surface area contributed by atoms with Crippen LogP contribution in [0.3, 0.4) is 0 Å². The fourth-order valence-corrected chi connectivity index (χ4v) is 5.20. The van der Waals surface area contributed by atoms with Gasteiger partial charge in [0.1, 0.15) is 0 Å². The van der Waals surface area contributed by atoms with Crippen molar-refractivity contribution >= 4 is 33.0 Å². The number of sulfonamides is 1. The molecule has 0 radical (unpaired) electrons. The predicted molar refractivity (Wildman–Crippen MR) is 100 cm³/mol. The number of amides is 1. The minimum absolute atomic E-state index is 0.0202. The van der Waals surface area contributed by atoms with E-state index in [2.05, 4.69) is 10.0 Å². The second kappa shape index (κ2) is 7.68. The first-order chi connectivity index (χ1) is 12.0. The van der Waals surface area contributed by atoms with Crippen molar-refractivity contribution in [1.82, 2.24) is 4.72 Å². The molecule has 3 rings (SSSR count). The maximum Gasteiger partial charge on any atom is 0.241 e. The van der Waals surface area contributed by atoms with Crippen LogP contribution in [-0.2, 0) is 21.2 Å². The van der Waals surface area contributed by atoms with Crippen LogP contribution in [-0.4, -0.2) is 14.3 Å². The van der Waals surface area contributed by atoms with E-state index in [0.717, 1.165) is 29.7 Å². The Labute approximate surface area is 152 Å². The Morgan fingerprint density at radius 2 is 2.12 bits per heavy atom. The van der Waals surface area contributed by atoms with Gasteiger partial charge in [0.25, 0.3) is 0 Å². The van der Waals surface area contributed by atoms with Gasteiger partial charge >= 0.3 is 0 Å². The number of carbonyl (C=O) groups excluding carboxylic acids is 1. The molecule has 0 saturated carbocycles. The maximum absolute atomic E-state index is 12.9. The fraction of sp³-hybridized carbons (Fsp3) is 0.389. The lowest BCUT2D eigenvalue weighted by atomic mass is 10.1. The molecule has 1 amide bonds. The van der Waals surface area contributed by atoms with Crippen molar-refractivity contribution in [1.29, 1.82) is 0 Å². The van der Waals surface area contributed by atoms with E-state index in [1.54, 1.807) is 29.5 Å². The molecular weight excluding hydrogens is 356 g/mol. The van der Waals surface area contributed by atoms with Gasteiger partial charge in [0, 0.05) is 17.0 Å². The molecule has 0 fully saturated rings. The highest BCUT2D eigenvalue weighted by Crippen LogP contribution is 2.28. The number of benzene rings is 1. The molecule has 25 heavy (non-hydrogen) atoms. The van der Waals surface area contributed by atoms with Gasteiger partial charge in [0.15, 0.2) is 0 Å². The van der Waals surface area contributed by atoms with Crippen molar-refractivity contribution in [2.24, 2.45) is 0 Å². The SMILES string of the molecule is CCCC(NS(=O)(=O)c1ccc2c(c1)CCCC(=O)N2)c1cccs1. The van der Waals surface area contributed by atoms with Crippen LogP contribution in [0.5, 0.6) is 0 Å². The summed E-state index contributed by atoms with van der Waals surface area (Å²) in [5.41, 5.74) is 1.58. The summed E-state index contributed by atoms with van der Waals surface area (Å²) < 4.78 is 28.5. The van der Waals surface area contributed by atoms with Crippen molar-refractivity contribution in [3.05, 3.63) is 46.2 Å². The molecule has 0 saturated heterocycles. The van der Waals surface area contributed by atoms with Crippen molar-refractivity contribution in [3.63, 3.8) is 0 Å². The third-order valence-corrected chi connectivity index (χ3v) is 6.73. The van der Waals surface area contributed by atoms with Gasteiger partial charge in [-0.25, -0.2) is 13.1 Å². The number of rotatable bonds is 6. The van der Waals surface area contributed by atoms with Crippen LogP contribution < -0.4 is 10.0 Å². The Morgan fingerprint density at radius 1 is 1.28 bits per heavy atom. The molecular formula is C18H22N2O3S2. The summed E-state index contributed by atoms with van der Waals surface area (Å²) in [5.74, 6) is -0.0202. The van der Waals surface area contributed by atoms with Crippen molar-refractivity contribution in [2.45, 2.75) is 50.0 Å². The molecule has 2 heterocycles. The number of anilines is 1. The van der Waals surface area contributed by atoms with E-state index in [1.807, 2.05) is 24.4 Å². The molecule has 0 aliphatic carbocycles. The molecule has 7 heteroatoms. The number of hydrogen-bond donors (Lipinski definition) is 2. The first kappa shape index (κ1) is 18.1. The van der Waals surface area contributed by atoms with Gasteiger partial charge in [-0.2, -0.15) is 0 Å². The fourth-order valence-electron chi connectivity index (χ4n) is 3.01. The monoisotopic (exact) mass is 378 g/mol. The number of aryl methyl sites for hydroxylation is 1. The third-order valence-electron chi connectivity index (χ3n) is 4.27. The van der Waals surface area contributed by atoms with E-state index in [-0.39, 0.29) is 16.8 Å². The van der Waals surface area contributed by atoms with E-state index in [4.69, 9.17) is 0 Å². The average molecular weight is 379 g/mol. The molecule has 0 spiro atoms. The molecule has 1 aliphatic rings. The molecule has 2 N–H and O–H groups in total. The van der Waals surface area contributed by atoms with Gasteiger partial charge in [-0.15, -0.1) is 11.3 Å². The maximum atomic E-state index is 12.9. The zero-order chi connectivity index (χ0) is 17.9. The predicted octanol–water partition coefficient (Wildman–Crippen LogP) is 3.84.